The molecule has 0 aromatic carbocycles. The maximum absolute atomic E-state index is 11.7. The number of oxime groups is 1. The first-order valence-corrected chi connectivity index (χ1v) is 5.00. The Bertz CT molecular complexity index is 242. The molecule has 0 fully saturated rings. The van der Waals surface area contributed by atoms with Crippen molar-refractivity contribution >= 4 is 23.4 Å². The van der Waals surface area contributed by atoms with Crippen molar-refractivity contribution in [2.45, 2.75) is 12.6 Å². The maximum Gasteiger partial charge on any atom is 0.389 e. The van der Waals surface area contributed by atoms with Gasteiger partial charge >= 0.3 is 12.1 Å². The number of alkyl halides is 3. The molecule has 0 atom stereocenters. The first-order valence-electron chi connectivity index (χ1n) is 3.84. The molecule has 0 spiro atoms. The highest BCUT2D eigenvalue weighted by molar-refractivity contribution is 8.00. The van der Waals surface area contributed by atoms with E-state index in [4.69, 9.17) is 5.11 Å². The topological polar surface area (TPSA) is 58.9 Å². The third-order valence-electron chi connectivity index (χ3n) is 1.22. The van der Waals surface area contributed by atoms with E-state index in [1.54, 1.807) is 0 Å². The van der Waals surface area contributed by atoms with Crippen LogP contribution in [0.25, 0.3) is 0 Å². The van der Waals surface area contributed by atoms with Crippen molar-refractivity contribution < 1.29 is 27.9 Å². The molecule has 0 amide bonds. The zero-order valence-corrected chi connectivity index (χ0v) is 8.69. The second-order valence-corrected chi connectivity index (χ2v) is 3.55. The van der Waals surface area contributed by atoms with Crippen LogP contribution in [-0.4, -0.2) is 41.6 Å². The molecule has 0 saturated carbocycles. The number of carboxylic acid groups (broad SMARTS) is 1. The van der Waals surface area contributed by atoms with Gasteiger partial charge in [-0.2, -0.15) is 24.9 Å². The van der Waals surface area contributed by atoms with Gasteiger partial charge in [0, 0.05) is 11.5 Å². The number of carbonyl (C=O) groups is 1. The summed E-state index contributed by atoms with van der Waals surface area (Å²) in [6.45, 7) is 0. The molecule has 15 heavy (non-hydrogen) atoms. The second-order valence-electron chi connectivity index (χ2n) is 2.44. The van der Waals surface area contributed by atoms with Crippen LogP contribution in [0, 0.1) is 0 Å². The van der Waals surface area contributed by atoms with Crippen molar-refractivity contribution in [3.05, 3.63) is 0 Å². The zero-order chi connectivity index (χ0) is 11.9. The van der Waals surface area contributed by atoms with Gasteiger partial charge in [-0.3, -0.25) is 0 Å². The first-order chi connectivity index (χ1) is 6.87. The Morgan fingerprint density at radius 2 is 2.13 bits per heavy atom. The molecule has 0 aromatic rings. The lowest BCUT2D eigenvalue weighted by molar-refractivity contribution is -0.130. The quantitative estimate of drug-likeness (QED) is 0.440. The Labute approximate surface area is 88.5 Å². The Hall–Kier alpha value is -0.920. The first kappa shape index (κ1) is 14.1. The summed E-state index contributed by atoms with van der Waals surface area (Å²) >= 11 is 0.845. The summed E-state index contributed by atoms with van der Waals surface area (Å²) in [5.74, 6) is -1.60. The summed E-state index contributed by atoms with van der Waals surface area (Å²) in [6.07, 6.45) is -5.16. The predicted molar refractivity (Wildman–Crippen MR) is 50.1 cm³/mol. The van der Waals surface area contributed by atoms with Crippen LogP contribution in [-0.2, 0) is 9.63 Å². The fourth-order valence-corrected chi connectivity index (χ4v) is 1.48. The summed E-state index contributed by atoms with van der Waals surface area (Å²) in [5.41, 5.74) is -0.301. The minimum Gasteiger partial charge on any atom is -0.477 e. The van der Waals surface area contributed by atoms with Gasteiger partial charge in [0.1, 0.15) is 7.11 Å². The van der Waals surface area contributed by atoms with Crippen LogP contribution in [0.2, 0.25) is 0 Å². The van der Waals surface area contributed by atoms with Gasteiger partial charge in [-0.25, -0.2) is 4.79 Å². The Kier molecular flexibility index (Phi) is 6.14. The van der Waals surface area contributed by atoms with E-state index in [-0.39, 0.29) is 17.2 Å². The molecule has 88 valence electrons. The van der Waals surface area contributed by atoms with Gasteiger partial charge in [0.05, 0.1) is 6.42 Å². The van der Waals surface area contributed by atoms with E-state index in [0.717, 1.165) is 11.8 Å². The van der Waals surface area contributed by atoms with Crippen molar-refractivity contribution in [1.29, 1.82) is 0 Å². The van der Waals surface area contributed by atoms with Gasteiger partial charge in [0.15, 0.2) is 5.71 Å². The predicted octanol–water partition coefficient (Wildman–Crippen LogP) is 1.76. The van der Waals surface area contributed by atoms with Crippen LogP contribution in [0.1, 0.15) is 6.42 Å². The number of halogens is 3. The van der Waals surface area contributed by atoms with Crippen molar-refractivity contribution in [2.24, 2.45) is 5.16 Å². The van der Waals surface area contributed by atoms with Crippen molar-refractivity contribution in [3.63, 3.8) is 0 Å². The molecular weight excluding hydrogens is 235 g/mol. The number of rotatable bonds is 6. The Morgan fingerprint density at radius 3 is 2.53 bits per heavy atom. The van der Waals surface area contributed by atoms with Crippen LogP contribution < -0.4 is 0 Å². The van der Waals surface area contributed by atoms with Gasteiger partial charge in [-0.1, -0.05) is 5.16 Å². The summed E-state index contributed by atoms with van der Waals surface area (Å²) in [7, 11) is 1.17. The molecule has 0 radical (unpaired) electrons. The molecule has 0 unspecified atom stereocenters. The lowest BCUT2D eigenvalue weighted by atomic mass is 10.4. The molecule has 0 aliphatic carbocycles. The van der Waals surface area contributed by atoms with Crippen LogP contribution in [0.15, 0.2) is 5.16 Å². The van der Waals surface area contributed by atoms with Crippen LogP contribution >= 0.6 is 11.8 Å². The van der Waals surface area contributed by atoms with Crippen molar-refractivity contribution in [1.82, 2.24) is 0 Å². The van der Waals surface area contributed by atoms with Crippen LogP contribution in [0.5, 0.6) is 0 Å². The minimum atomic E-state index is -4.21. The van der Waals surface area contributed by atoms with Gasteiger partial charge < -0.3 is 9.94 Å². The Morgan fingerprint density at radius 1 is 1.53 bits per heavy atom. The molecule has 1 N–H and O–H groups in total. The lowest BCUT2D eigenvalue weighted by Gasteiger charge is -2.05. The summed E-state index contributed by atoms with van der Waals surface area (Å²) < 4.78 is 35.1. The summed E-state index contributed by atoms with van der Waals surface area (Å²) in [4.78, 5) is 14.7. The molecule has 0 aliphatic rings. The van der Waals surface area contributed by atoms with E-state index in [0.29, 0.717) is 0 Å². The fraction of sp³-hybridized carbons (Fsp3) is 0.714. The smallest absolute Gasteiger partial charge is 0.389 e. The third-order valence-corrected chi connectivity index (χ3v) is 2.19. The zero-order valence-electron chi connectivity index (χ0n) is 7.87. The molecular formula is C7H10F3NO3S. The summed E-state index contributed by atoms with van der Waals surface area (Å²) in [6, 6.07) is 0. The monoisotopic (exact) mass is 245 g/mol. The molecule has 0 aliphatic heterocycles. The Balaban J connectivity index is 3.83. The second kappa shape index (κ2) is 6.54. The highest BCUT2D eigenvalue weighted by Crippen LogP contribution is 2.21. The molecule has 4 nitrogen and oxygen atoms in total. The van der Waals surface area contributed by atoms with E-state index >= 15 is 0 Å². The highest BCUT2D eigenvalue weighted by atomic mass is 32.2. The number of aliphatic carboxylic acids is 1. The fourth-order valence-electron chi connectivity index (χ4n) is 0.594. The van der Waals surface area contributed by atoms with E-state index < -0.39 is 18.6 Å². The molecule has 0 bridgehead atoms. The number of thioether (sulfide) groups is 1. The maximum atomic E-state index is 11.7. The largest absolute Gasteiger partial charge is 0.477 e. The van der Waals surface area contributed by atoms with Gasteiger partial charge in [0.25, 0.3) is 0 Å². The number of hydrogen-bond donors (Lipinski definition) is 1. The van der Waals surface area contributed by atoms with E-state index in [1.807, 2.05) is 0 Å². The van der Waals surface area contributed by atoms with E-state index in [9.17, 15) is 18.0 Å². The van der Waals surface area contributed by atoms with Crippen LogP contribution in [0.4, 0.5) is 13.2 Å². The number of hydrogen-bond acceptors (Lipinski definition) is 4. The highest BCUT2D eigenvalue weighted by Gasteiger charge is 2.26. The average molecular weight is 245 g/mol. The van der Waals surface area contributed by atoms with Gasteiger partial charge in [-0.05, 0) is 0 Å². The normalized spacial score (nSPS) is 12.7. The molecule has 0 heterocycles. The molecule has 0 aromatic heterocycles. The third kappa shape index (κ3) is 8.10. The van der Waals surface area contributed by atoms with Gasteiger partial charge in [0.2, 0.25) is 0 Å². The summed E-state index contributed by atoms with van der Waals surface area (Å²) in [5, 5.41) is 11.7. The SMILES string of the molecule is CO/N=C(\CSCCC(F)(F)F)C(=O)O. The minimum absolute atomic E-state index is 0.112. The molecule has 0 rings (SSSR count). The van der Waals surface area contributed by atoms with Crippen molar-refractivity contribution in [3.8, 4) is 0 Å². The van der Waals surface area contributed by atoms with Crippen molar-refractivity contribution in [2.75, 3.05) is 18.6 Å². The number of carboxylic acids is 1. The lowest BCUT2D eigenvalue weighted by Crippen LogP contribution is -2.17. The standard InChI is InChI=1S/C7H10F3NO3S/c1-14-11-5(6(12)13)4-15-3-2-7(8,9)10/h2-4H2,1H3,(H,12,13)/b11-5+. The molecule has 0 saturated heterocycles. The van der Waals surface area contributed by atoms with E-state index in [1.165, 1.54) is 7.11 Å². The molecule has 8 heteroatoms. The van der Waals surface area contributed by atoms with E-state index in [2.05, 4.69) is 9.99 Å². The average Bonchev–Trinajstić information content (AvgIpc) is 2.08. The number of nitrogens with zero attached hydrogens (tertiary/aromatic N) is 1. The van der Waals surface area contributed by atoms with Gasteiger partial charge in [-0.15, -0.1) is 0 Å². The van der Waals surface area contributed by atoms with Crippen LogP contribution in [0.3, 0.4) is 0 Å².